The van der Waals surface area contributed by atoms with Gasteiger partial charge in [-0.05, 0) is 0 Å². The van der Waals surface area contributed by atoms with Gasteiger partial charge in [-0.25, -0.2) is 4.98 Å². The molecule has 0 aliphatic heterocycles. The molecule has 0 aromatic carbocycles. The first-order valence-corrected chi connectivity index (χ1v) is 4.65. The highest BCUT2D eigenvalue weighted by Gasteiger charge is 2.08. The zero-order valence-corrected chi connectivity index (χ0v) is 7.47. The summed E-state index contributed by atoms with van der Waals surface area (Å²) in [5.41, 5.74) is 2.44. The van der Waals surface area contributed by atoms with Crippen molar-refractivity contribution in [1.29, 1.82) is 0 Å². The van der Waals surface area contributed by atoms with Gasteiger partial charge in [0.15, 0.2) is 0 Å². The molecule has 2 aromatic heterocycles. The van der Waals surface area contributed by atoms with Crippen molar-refractivity contribution in [2.75, 3.05) is 0 Å². The normalized spacial score (nSPS) is 10.4. The van der Waals surface area contributed by atoms with Crippen molar-refractivity contribution in [1.82, 2.24) is 15.1 Å². The quantitative estimate of drug-likeness (QED) is 0.697. The number of hydrogen-bond acceptors (Lipinski definition) is 5. The molecule has 0 aliphatic rings. The van der Waals surface area contributed by atoms with Crippen LogP contribution in [0.3, 0.4) is 0 Å². The lowest BCUT2D eigenvalue weighted by Gasteiger charge is -1.80. The maximum atomic E-state index is 5.49. The van der Waals surface area contributed by atoms with E-state index < -0.39 is 0 Å². The minimum absolute atomic E-state index is 0.233. The molecule has 0 bridgehead atoms. The highest BCUT2D eigenvalue weighted by Crippen LogP contribution is 2.15. The van der Waals surface area contributed by atoms with Crippen LogP contribution in [0.5, 0.6) is 0 Å². The van der Waals surface area contributed by atoms with Crippen LogP contribution in [-0.4, -0.2) is 15.1 Å². The third-order valence-corrected chi connectivity index (χ3v) is 2.06. The average molecular weight is 202 g/mol. The molecule has 0 saturated heterocycles. The van der Waals surface area contributed by atoms with Crippen molar-refractivity contribution in [2.24, 2.45) is 0 Å². The SMILES string of the molecule is ClCc1nc(-c2cscn2)no1. The second-order valence-corrected chi connectivity index (χ2v) is 3.00. The van der Waals surface area contributed by atoms with Crippen LogP contribution in [0.1, 0.15) is 5.89 Å². The first kappa shape index (κ1) is 7.70. The molecule has 0 fully saturated rings. The molecule has 62 valence electrons. The maximum Gasteiger partial charge on any atom is 0.241 e. The van der Waals surface area contributed by atoms with E-state index in [9.17, 15) is 0 Å². The Kier molecular flexibility index (Phi) is 2.05. The Labute approximate surface area is 77.2 Å². The Hall–Kier alpha value is -0.940. The van der Waals surface area contributed by atoms with E-state index >= 15 is 0 Å². The summed E-state index contributed by atoms with van der Waals surface area (Å²) in [7, 11) is 0. The highest BCUT2D eigenvalue weighted by molar-refractivity contribution is 7.07. The Morgan fingerprint density at radius 1 is 1.58 bits per heavy atom. The zero-order valence-electron chi connectivity index (χ0n) is 5.90. The summed E-state index contributed by atoms with van der Waals surface area (Å²) < 4.78 is 4.81. The van der Waals surface area contributed by atoms with Crippen LogP contribution in [0.4, 0.5) is 0 Å². The van der Waals surface area contributed by atoms with Crippen molar-refractivity contribution in [3.63, 3.8) is 0 Å². The standard InChI is InChI=1S/C6H4ClN3OS/c7-1-5-9-6(10-11-5)4-2-12-3-8-4/h2-3H,1H2. The summed E-state index contributed by atoms with van der Waals surface area (Å²) in [5, 5.41) is 5.55. The van der Waals surface area contributed by atoms with Crippen molar-refractivity contribution in [2.45, 2.75) is 5.88 Å². The van der Waals surface area contributed by atoms with Gasteiger partial charge in [-0.3, -0.25) is 0 Å². The summed E-state index contributed by atoms with van der Waals surface area (Å²) in [6.45, 7) is 0. The fourth-order valence-corrected chi connectivity index (χ4v) is 1.38. The number of halogens is 1. The molecule has 0 atom stereocenters. The van der Waals surface area contributed by atoms with Crippen LogP contribution in [0, 0.1) is 0 Å². The van der Waals surface area contributed by atoms with E-state index in [2.05, 4.69) is 15.1 Å². The maximum absolute atomic E-state index is 5.49. The summed E-state index contributed by atoms with van der Waals surface area (Å²) in [6, 6.07) is 0. The third kappa shape index (κ3) is 1.33. The van der Waals surface area contributed by atoms with Gasteiger partial charge in [0, 0.05) is 5.38 Å². The van der Waals surface area contributed by atoms with Gasteiger partial charge in [0.25, 0.3) is 0 Å². The molecular formula is C6H4ClN3OS. The summed E-state index contributed by atoms with van der Waals surface area (Å²) in [4.78, 5) is 8.03. The first-order chi connectivity index (χ1) is 5.90. The molecule has 0 saturated carbocycles. The molecule has 4 nitrogen and oxygen atoms in total. The largest absolute Gasteiger partial charge is 0.338 e. The Morgan fingerprint density at radius 2 is 2.50 bits per heavy atom. The fourth-order valence-electron chi connectivity index (χ4n) is 0.736. The van der Waals surface area contributed by atoms with Gasteiger partial charge in [0.05, 0.1) is 5.51 Å². The van der Waals surface area contributed by atoms with E-state index in [1.54, 1.807) is 5.51 Å². The van der Waals surface area contributed by atoms with Crippen LogP contribution < -0.4 is 0 Å². The van der Waals surface area contributed by atoms with Gasteiger partial charge in [-0.2, -0.15) is 4.98 Å². The van der Waals surface area contributed by atoms with Gasteiger partial charge in [-0.1, -0.05) is 5.16 Å². The lowest BCUT2D eigenvalue weighted by atomic mass is 10.5. The van der Waals surface area contributed by atoms with E-state index in [1.807, 2.05) is 5.38 Å². The number of rotatable bonds is 2. The molecule has 12 heavy (non-hydrogen) atoms. The molecule has 0 radical (unpaired) electrons. The van der Waals surface area contributed by atoms with Gasteiger partial charge in [0.1, 0.15) is 11.6 Å². The highest BCUT2D eigenvalue weighted by atomic mass is 35.5. The molecular weight excluding hydrogens is 198 g/mol. The number of alkyl halides is 1. The zero-order chi connectivity index (χ0) is 8.39. The molecule has 2 heterocycles. The predicted molar refractivity (Wildman–Crippen MR) is 45.0 cm³/mol. The minimum atomic E-state index is 0.233. The average Bonchev–Trinajstić information content (AvgIpc) is 2.75. The molecule has 6 heteroatoms. The predicted octanol–water partition coefficient (Wildman–Crippen LogP) is 1.93. The van der Waals surface area contributed by atoms with E-state index in [-0.39, 0.29) is 5.88 Å². The van der Waals surface area contributed by atoms with Crippen LogP contribution >= 0.6 is 22.9 Å². The van der Waals surface area contributed by atoms with E-state index in [0.717, 1.165) is 5.69 Å². The van der Waals surface area contributed by atoms with E-state index in [1.165, 1.54) is 11.3 Å². The first-order valence-electron chi connectivity index (χ1n) is 3.17. The molecule has 0 N–H and O–H groups in total. The summed E-state index contributed by atoms with van der Waals surface area (Å²) in [6.07, 6.45) is 0. The lowest BCUT2D eigenvalue weighted by Crippen LogP contribution is -1.80. The number of aromatic nitrogens is 3. The smallest absolute Gasteiger partial charge is 0.241 e. The second-order valence-electron chi connectivity index (χ2n) is 2.02. The Bertz CT molecular complexity index is 359. The summed E-state index contributed by atoms with van der Waals surface area (Å²) >= 11 is 6.97. The van der Waals surface area contributed by atoms with Gasteiger partial charge >= 0.3 is 0 Å². The fraction of sp³-hybridized carbons (Fsp3) is 0.167. The Balaban J connectivity index is 2.35. The van der Waals surface area contributed by atoms with Gasteiger partial charge in [0.2, 0.25) is 11.7 Å². The van der Waals surface area contributed by atoms with Crippen LogP contribution in [0.2, 0.25) is 0 Å². The molecule has 0 amide bonds. The minimum Gasteiger partial charge on any atom is -0.338 e. The monoisotopic (exact) mass is 201 g/mol. The second kappa shape index (κ2) is 3.20. The van der Waals surface area contributed by atoms with Crippen molar-refractivity contribution in [3.05, 3.63) is 16.8 Å². The molecule has 0 spiro atoms. The number of hydrogen-bond donors (Lipinski definition) is 0. The summed E-state index contributed by atoms with van der Waals surface area (Å²) in [5.74, 6) is 1.14. The third-order valence-electron chi connectivity index (χ3n) is 1.24. The molecule has 0 aliphatic carbocycles. The number of thiazole rings is 1. The molecule has 0 unspecified atom stereocenters. The van der Waals surface area contributed by atoms with Gasteiger partial charge < -0.3 is 4.52 Å². The Morgan fingerprint density at radius 3 is 3.08 bits per heavy atom. The lowest BCUT2D eigenvalue weighted by molar-refractivity contribution is 0.391. The molecule has 2 rings (SSSR count). The van der Waals surface area contributed by atoms with Crippen molar-refractivity contribution in [3.8, 4) is 11.5 Å². The van der Waals surface area contributed by atoms with Gasteiger partial charge in [-0.15, -0.1) is 22.9 Å². The van der Waals surface area contributed by atoms with Crippen molar-refractivity contribution < 1.29 is 4.52 Å². The van der Waals surface area contributed by atoms with Crippen LogP contribution in [0.15, 0.2) is 15.4 Å². The van der Waals surface area contributed by atoms with E-state index in [4.69, 9.17) is 16.1 Å². The number of nitrogens with zero attached hydrogens (tertiary/aromatic N) is 3. The van der Waals surface area contributed by atoms with Crippen LogP contribution in [0.25, 0.3) is 11.5 Å². The van der Waals surface area contributed by atoms with Crippen molar-refractivity contribution >= 4 is 22.9 Å². The molecule has 2 aromatic rings. The van der Waals surface area contributed by atoms with E-state index in [0.29, 0.717) is 11.7 Å². The van der Waals surface area contributed by atoms with Crippen LogP contribution in [-0.2, 0) is 5.88 Å². The topological polar surface area (TPSA) is 51.8 Å².